The van der Waals surface area contributed by atoms with Gasteiger partial charge in [-0.05, 0) is 31.5 Å². The summed E-state index contributed by atoms with van der Waals surface area (Å²) in [6.45, 7) is 5.16. The zero-order valence-corrected chi connectivity index (χ0v) is 14.7. The highest BCUT2D eigenvalue weighted by Crippen LogP contribution is 2.37. The Morgan fingerprint density at radius 2 is 1.83 bits per heavy atom. The molecule has 1 aliphatic rings. The van der Waals surface area contributed by atoms with Crippen molar-refractivity contribution in [3.8, 4) is 5.75 Å². The summed E-state index contributed by atoms with van der Waals surface area (Å²) in [5.74, 6) is 0.866. The number of nitrogens with zero attached hydrogens (tertiary/aromatic N) is 2. The number of nitrogens with one attached hydrogen (secondary N) is 1. The van der Waals surface area contributed by atoms with Crippen LogP contribution in [-0.4, -0.2) is 30.7 Å². The first kappa shape index (κ1) is 16.2. The minimum atomic E-state index is -0.0450. The summed E-state index contributed by atoms with van der Waals surface area (Å²) in [6.07, 6.45) is 1.93. The van der Waals surface area contributed by atoms with E-state index in [-0.39, 0.29) is 5.41 Å². The molecule has 4 nitrogen and oxygen atoms in total. The van der Waals surface area contributed by atoms with E-state index >= 15 is 0 Å². The van der Waals surface area contributed by atoms with E-state index in [1.165, 1.54) is 22.5 Å². The Hall–Kier alpha value is -2.62. The van der Waals surface area contributed by atoms with Crippen molar-refractivity contribution < 1.29 is 9.31 Å². The van der Waals surface area contributed by atoms with E-state index in [1.54, 1.807) is 7.11 Å². The molecule has 24 heavy (non-hydrogen) atoms. The van der Waals surface area contributed by atoms with Crippen LogP contribution in [0.1, 0.15) is 25.0 Å². The summed E-state index contributed by atoms with van der Waals surface area (Å²) in [5.41, 5.74) is 8.03. The highest BCUT2D eigenvalue weighted by Gasteiger charge is 2.43. The van der Waals surface area contributed by atoms with Crippen LogP contribution in [0.4, 0.5) is 5.69 Å². The van der Waals surface area contributed by atoms with Crippen molar-refractivity contribution in [3.63, 3.8) is 0 Å². The summed E-state index contributed by atoms with van der Waals surface area (Å²) in [5, 5.41) is 4.44. The largest absolute Gasteiger partial charge is 0.497 e. The number of para-hydroxylation sites is 1. The average molecular weight is 322 g/mol. The molecule has 0 fully saturated rings. The molecule has 0 aliphatic carbocycles. The van der Waals surface area contributed by atoms with Crippen LogP contribution in [0.3, 0.4) is 0 Å². The van der Waals surface area contributed by atoms with Gasteiger partial charge in [-0.2, -0.15) is 9.68 Å². The third kappa shape index (κ3) is 2.92. The second-order valence-electron chi connectivity index (χ2n) is 6.53. The van der Waals surface area contributed by atoms with Gasteiger partial charge in [-0.1, -0.05) is 30.3 Å². The predicted molar refractivity (Wildman–Crippen MR) is 98.6 cm³/mol. The van der Waals surface area contributed by atoms with Gasteiger partial charge < -0.3 is 10.2 Å². The third-order valence-electron chi connectivity index (χ3n) is 4.66. The maximum absolute atomic E-state index is 5.17. The predicted octanol–water partition coefficient (Wildman–Crippen LogP) is 3.48. The standard InChI is InChI=1S/C20H23N3O/c1-20(2)17-7-5-6-8-18(17)23(3)19(20)14-22-21-13-15-9-11-16(24-4)12-10-15/h5-12,14H,13H2,1-4H3/p+1. The number of rotatable bonds is 5. The number of hydrogen-bond donors (Lipinski definition) is 1. The first-order valence-electron chi connectivity index (χ1n) is 8.13. The molecule has 0 spiro atoms. The Kier molecular flexibility index (Phi) is 4.38. The zero-order valence-electron chi connectivity index (χ0n) is 14.7. The first-order valence-corrected chi connectivity index (χ1v) is 8.13. The van der Waals surface area contributed by atoms with Crippen LogP contribution < -0.4 is 10.2 Å². The Morgan fingerprint density at radius 1 is 1.12 bits per heavy atom. The summed E-state index contributed by atoms with van der Waals surface area (Å²) >= 11 is 0. The van der Waals surface area contributed by atoms with Crippen molar-refractivity contribution in [3.05, 3.63) is 59.7 Å². The minimum Gasteiger partial charge on any atom is -0.497 e. The van der Waals surface area contributed by atoms with Gasteiger partial charge in [0.05, 0.1) is 19.1 Å². The lowest BCUT2D eigenvalue weighted by molar-refractivity contribution is -0.400. The Bertz CT molecular complexity index is 789. The van der Waals surface area contributed by atoms with Crippen LogP contribution in [0.2, 0.25) is 0 Å². The molecule has 4 heteroatoms. The zero-order chi connectivity index (χ0) is 17.2. The summed E-state index contributed by atoms with van der Waals surface area (Å²) in [7, 11) is 3.77. The molecule has 0 saturated heterocycles. The van der Waals surface area contributed by atoms with Gasteiger partial charge in [-0.15, -0.1) is 0 Å². The topological polar surface area (TPSA) is 36.6 Å². The molecule has 1 N–H and O–H groups in total. The van der Waals surface area contributed by atoms with Crippen LogP contribution in [0.5, 0.6) is 5.75 Å². The molecule has 3 rings (SSSR count). The van der Waals surface area contributed by atoms with Crippen molar-refractivity contribution in [1.82, 2.24) is 5.43 Å². The van der Waals surface area contributed by atoms with E-state index in [9.17, 15) is 0 Å². The molecule has 1 aliphatic heterocycles. The van der Waals surface area contributed by atoms with Crippen molar-refractivity contribution >= 4 is 17.6 Å². The SMILES string of the molecule is COc1ccc(CNN=CC2=[N+](C)c3ccccc3C2(C)C)cc1. The lowest BCUT2D eigenvalue weighted by Crippen LogP contribution is -2.30. The highest BCUT2D eigenvalue weighted by atomic mass is 16.5. The molecular weight excluding hydrogens is 298 g/mol. The van der Waals surface area contributed by atoms with Gasteiger partial charge in [0.15, 0.2) is 0 Å². The van der Waals surface area contributed by atoms with E-state index in [1.807, 2.05) is 30.5 Å². The molecule has 0 radical (unpaired) electrons. The molecule has 124 valence electrons. The van der Waals surface area contributed by atoms with Gasteiger partial charge in [0.25, 0.3) is 0 Å². The number of hydrazone groups is 1. The van der Waals surface area contributed by atoms with E-state index in [2.05, 4.69) is 60.3 Å². The van der Waals surface area contributed by atoms with Crippen LogP contribution in [0, 0.1) is 0 Å². The second kappa shape index (κ2) is 6.48. The number of hydrogen-bond acceptors (Lipinski definition) is 3. The molecule has 0 atom stereocenters. The molecule has 0 saturated carbocycles. The molecule has 0 bridgehead atoms. The summed E-state index contributed by atoms with van der Waals surface area (Å²) in [6, 6.07) is 16.5. The molecule has 0 aromatic heterocycles. The highest BCUT2D eigenvalue weighted by molar-refractivity contribution is 6.33. The molecule has 0 amide bonds. The van der Waals surface area contributed by atoms with Gasteiger partial charge in [0.2, 0.25) is 11.4 Å². The van der Waals surface area contributed by atoms with Gasteiger partial charge in [-0.3, -0.25) is 0 Å². The van der Waals surface area contributed by atoms with Crippen molar-refractivity contribution in [2.75, 3.05) is 14.2 Å². The van der Waals surface area contributed by atoms with Crippen molar-refractivity contribution in [1.29, 1.82) is 0 Å². The second-order valence-corrected chi connectivity index (χ2v) is 6.53. The van der Waals surface area contributed by atoms with Crippen LogP contribution in [0.25, 0.3) is 0 Å². The summed E-state index contributed by atoms with van der Waals surface area (Å²) in [4.78, 5) is 0. The molecule has 2 aromatic carbocycles. The van der Waals surface area contributed by atoms with Gasteiger partial charge >= 0.3 is 0 Å². The van der Waals surface area contributed by atoms with E-state index < -0.39 is 0 Å². The maximum Gasteiger partial charge on any atom is 0.212 e. The maximum atomic E-state index is 5.17. The number of benzene rings is 2. The lowest BCUT2D eigenvalue weighted by atomic mass is 9.82. The fraction of sp³-hybridized carbons (Fsp3) is 0.300. The average Bonchev–Trinajstić information content (AvgIpc) is 2.80. The van der Waals surface area contributed by atoms with Crippen LogP contribution >= 0.6 is 0 Å². The number of ether oxygens (including phenoxy) is 1. The monoisotopic (exact) mass is 322 g/mol. The third-order valence-corrected chi connectivity index (χ3v) is 4.66. The smallest absolute Gasteiger partial charge is 0.212 e. The number of fused-ring (bicyclic) bond motifs is 1. The van der Waals surface area contributed by atoms with Gasteiger partial charge in [-0.25, -0.2) is 0 Å². The lowest BCUT2D eigenvalue weighted by Gasteiger charge is -2.14. The normalized spacial score (nSPS) is 15.7. The van der Waals surface area contributed by atoms with Gasteiger partial charge in [0.1, 0.15) is 19.0 Å². The fourth-order valence-electron chi connectivity index (χ4n) is 3.22. The van der Waals surface area contributed by atoms with E-state index in [4.69, 9.17) is 4.74 Å². The molecule has 1 heterocycles. The fourth-order valence-corrected chi connectivity index (χ4v) is 3.22. The molecule has 0 unspecified atom stereocenters. The Labute approximate surface area is 143 Å². The van der Waals surface area contributed by atoms with Crippen molar-refractivity contribution in [2.24, 2.45) is 5.10 Å². The summed E-state index contributed by atoms with van der Waals surface area (Å²) < 4.78 is 7.39. The Morgan fingerprint density at radius 3 is 2.50 bits per heavy atom. The quantitative estimate of drug-likeness (QED) is 0.520. The molecular formula is C20H24N3O+. The Balaban J connectivity index is 1.69. The number of methoxy groups -OCH3 is 1. The van der Waals surface area contributed by atoms with Crippen LogP contribution in [0.15, 0.2) is 53.6 Å². The van der Waals surface area contributed by atoms with E-state index in [0.29, 0.717) is 6.54 Å². The van der Waals surface area contributed by atoms with Gasteiger partial charge in [0, 0.05) is 11.6 Å². The molecule has 2 aromatic rings. The first-order chi connectivity index (χ1) is 11.5. The van der Waals surface area contributed by atoms with Crippen LogP contribution in [-0.2, 0) is 12.0 Å². The minimum absolute atomic E-state index is 0.0450. The van der Waals surface area contributed by atoms with E-state index in [0.717, 1.165) is 5.75 Å². The van der Waals surface area contributed by atoms with Crippen molar-refractivity contribution in [2.45, 2.75) is 25.8 Å².